The van der Waals surface area contributed by atoms with E-state index in [9.17, 15) is 0 Å². The molecule has 2 nitrogen and oxygen atoms in total. The van der Waals surface area contributed by atoms with E-state index in [2.05, 4.69) is 41.5 Å². The highest BCUT2D eigenvalue weighted by atomic mass is 16.6. The van der Waals surface area contributed by atoms with Crippen molar-refractivity contribution in [3.63, 3.8) is 0 Å². The Morgan fingerprint density at radius 3 is 2.20 bits per heavy atom. The van der Waals surface area contributed by atoms with Crippen molar-refractivity contribution in [2.24, 2.45) is 11.3 Å². The van der Waals surface area contributed by atoms with Gasteiger partial charge in [-0.15, -0.1) is 0 Å². The van der Waals surface area contributed by atoms with Crippen molar-refractivity contribution in [3.8, 4) is 0 Å². The summed E-state index contributed by atoms with van der Waals surface area (Å²) in [7, 11) is 0. The summed E-state index contributed by atoms with van der Waals surface area (Å²) < 4.78 is 11.4. The Labute approximate surface area is 94.3 Å². The predicted octanol–water partition coefficient (Wildman–Crippen LogP) is 3.25. The highest BCUT2D eigenvalue weighted by Crippen LogP contribution is 2.34. The van der Waals surface area contributed by atoms with E-state index in [1.54, 1.807) is 0 Å². The smallest absolute Gasteiger partial charge is 0.0882 e. The van der Waals surface area contributed by atoms with E-state index in [1.807, 2.05) is 0 Å². The first-order chi connectivity index (χ1) is 6.73. The minimum atomic E-state index is -0.0136. The molecule has 1 fully saturated rings. The van der Waals surface area contributed by atoms with Crippen LogP contribution in [-0.4, -0.2) is 24.9 Å². The van der Waals surface area contributed by atoms with Crippen molar-refractivity contribution in [1.29, 1.82) is 0 Å². The van der Waals surface area contributed by atoms with E-state index >= 15 is 0 Å². The molecule has 0 N–H and O–H groups in total. The Hall–Kier alpha value is -0.0800. The van der Waals surface area contributed by atoms with Gasteiger partial charge in [0, 0.05) is 5.41 Å². The maximum Gasteiger partial charge on any atom is 0.0882 e. The molecule has 0 aromatic heterocycles. The van der Waals surface area contributed by atoms with Crippen molar-refractivity contribution in [1.82, 2.24) is 0 Å². The van der Waals surface area contributed by atoms with Crippen LogP contribution in [0.4, 0.5) is 0 Å². The SMILES string of the molecule is CC(C)CC(C)(C)OCC(C)(C)C1CO1. The molecule has 1 saturated heterocycles. The van der Waals surface area contributed by atoms with Gasteiger partial charge in [0.15, 0.2) is 0 Å². The van der Waals surface area contributed by atoms with Crippen LogP contribution in [0.15, 0.2) is 0 Å². The summed E-state index contributed by atoms with van der Waals surface area (Å²) in [5.74, 6) is 0.681. The normalized spacial score (nSPS) is 22.2. The van der Waals surface area contributed by atoms with Gasteiger partial charge in [0.05, 0.1) is 24.9 Å². The zero-order valence-corrected chi connectivity index (χ0v) is 11.1. The van der Waals surface area contributed by atoms with Gasteiger partial charge >= 0.3 is 0 Å². The van der Waals surface area contributed by atoms with Crippen molar-refractivity contribution < 1.29 is 9.47 Å². The average Bonchev–Trinajstić information content (AvgIpc) is 2.80. The van der Waals surface area contributed by atoms with E-state index in [1.165, 1.54) is 0 Å². The van der Waals surface area contributed by atoms with Gasteiger partial charge in [0.2, 0.25) is 0 Å². The van der Waals surface area contributed by atoms with Gasteiger partial charge in [0.25, 0.3) is 0 Å². The lowest BCUT2D eigenvalue weighted by atomic mass is 9.89. The van der Waals surface area contributed by atoms with Gasteiger partial charge in [-0.2, -0.15) is 0 Å². The van der Waals surface area contributed by atoms with Crippen LogP contribution in [0.1, 0.15) is 48.0 Å². The van der Waals surface area contributed by atoms with E-state index < -0.39 is 0 Å². The third-order valence-corrected chi connectivity index (χ3v) is 2.94. The first-order valence-corrected chi connectivity index (χ1v) is 5.98. The van der Waals surface area contributed by atoms with Crippen LogP contribution in [-0.2, 0) is 9.47 Å². The maximum absolute atomic E-state index is 6.03. The number of rotatable bonds is 6. The van der Waals surface area contributed by atoms with Crippen LogP contribution in [0.3, 0.4) is 0 Å². The molecule has 2 heteroatoms. The molecule has 1 aliphatic rings. The Morgan fingerprint density at radius 2 is 1.80 bits per heavy atom. The molecule has 1 aliphatic heterocycles. The lowest BCUT2D eigenvalue weighted by molar-refractivity contribution is -0.0703. The number of hydrogen-bond acceptors (Lipinski definition) is 2. The Balaban J connectivity index is 2.34. The monoisotopic (exact) mass is 214 g/mol. The molecule has 15 heavy (non-hydrogen) atoms. The molecular weight excluding hydrogens is 188 g/mol. The van der Waals surface area contributed by atoms with E-state index in [0.717, 1.165) is 19.6 Å². The maximum atomic E-state index is 6.03. The molecule has 90 valence electrons. The van der Waals surface area contributed by atoms with Crippen LogP contribution >= 0.6 is 0 Å². The molecular formula is C13H26O2. The Bertz CT molecular complexity index is 203. The van der Waals surface area contributed by atoms with Crippen LogP contribution < -0.4 is 0 Å². The molecule has 0 amide bonds. The van der Waals surface area contributed by atoms with Crippen LogP contribution in [0.2, 0.25) is 0 Å². The third-order valence-electron chi connectivity index (χ3n) is 2.94. The molecule has 0 aromatic rings. The summed E-state index contributed by atoms with van der Waals surface area (Å²) in [6.45, 7) is 15.0. The molecule has 0 bridgehead atoms. The van der Waals surface area contributed by atoms with Gasteiger partial charge in [-0.1, -0.05) is 27.7 Å². The quantitative estimate of drug-likeness (QED) is 0.633. The van der Waals surface area contributed by atoms with Gasteiger partial charge in [-0.3, -0.25) is 0 Å². The minimum absolute atomic E-state index is 0.0136. The fourth-order valence-corrected chi connectivity index (χ4v) is 2.02. The van der Waals surface area contributed by atoms with Crippen molar-refractivity contribution in [3.05, 3.63) is 0 Å². The highest BCUT2D eigenvalue weighted by Gasteiger charge is 2.40. The first-order valence-electron chi connectivity index (χ1n) is 5.98. The third kappa shape index (κ3) is 4.52. The summed E-state index contributed by atoms with van der Waals surface area (Å²) >= 11 is 0. The zero-order valence-electron chi connectivity index (χ0n) is 11.1. The van der Waals surface area contributed by atoms with Gasteiger partial charge in [-0.05, 0) is 26.2 Å². The fourth-order valence-electron chi connectivity index (χ4n) is 2.02. The number of epoxide rings is 1. The molecule has 0 radical (unpaired) electrons. The van der Waals surface area contributed by atoms with Crippen LogP contribution in [0, 0.1) is 11.3 Å². The van der Waals surface area contributed by atoms with Gasteiger partial charge < -0.3 is 9.47 Å². The van der Waals surface area contributed by atoms with E-state index in [4.69, 9.17) is 9.47 Å². The molecule has 1 heterocycles. The molecule has 0 spiro atoms. The predicted molar refractivity (Wildman–Crippen MR) is 63.0 cm³/mol. The first kappa shape index (κ1) is 13.0. The van der Waals surface area contributed by atoms with Crippen LogP contribution in [0.5, 0.6) is 0 Å². The average molecular weight is 214 g/mol. The van der Waals surface area contributed by atoms with Gasteiger partial charge in [0.1, 0.15) is 0 Å². The second kappa shape index (κ2) is 4.42. The zero-order chi connectivity index (χ0) is 11.7. The van der Waals surface area contributed by atoms with Crippen molar-refractivity contribution in [2.75, 3.05) is 13.2 Å². The Morgan fingerprint density at radius 1 is 1.27 bits per heavy atom. The summed E-state index contributed by atoms with van der Waals surface area (Å²) in [5.41, 5.74) is 0.147. The molecule has 1 atom stereocenters. The largest absolute Gasteiger partial charge is 0.375 e. The number of hydrogen-bond donors (Lipinski definition) is 0. The Kier molecular flexibility index (Phi) is 3.83. The topological polar surface area (TPSA) is 21.8 Å². The second-order valence-corrected chi connectivity index (χ2v) is 6.46. The lowest BCUT2D eigenvalue weighted by Crippen LogP contribution is -2.34. The standard InChI is InChI=1S/C13H26O2/c1-10(2)7-13(5,6)15-9-12(3,4)11-8-14-11/h10-11H,7-9H2,1-6H3. The summed E-state index contributed by atoms with van der Waals surface area (Å²) in [4.78, 5) is 0. The molecule has 0 aromatic carbocycles. The summed E-state index contributed by atoms with van der Waals surface area (Å²) in [6.07, 6.45) is 1.52. The van der Waals surface area contributed by atoms with E-state index in [-0.39, 0.29) is 11.0 Å². The summed E-state index contributed by atoms with van der Waals surface area (Å²) in [6, 6.07) is 0. The van der Waals surface area contributed by atoms with E-state index in [0.29, 0.717) is 12.0 Å². The number of ether oxygens (including phenoxy) is 2. The fraction of sp³-hybridized carbons (Fsp3) is 1.00. The lowest BCUT2D eigenvalue weighted by Gasteiger charge is -2.32. The minimum Gasteiger partial charge on any atom is -0.375 e. The van der Waals surface area contributed by atoms with Crippen LogP contribution in [0.25, 0.3) is 0 Å². The summed E-state index contributed by atoms with van der Waals surface area (Å²) in [5, 5.41) is 0. The van der Waals surface area contributed by atoms with Crippen molar-refractivity contribution >= 4 is 0 Å². The highest BCUT2D eigenvalue weighted by molar-refractivity contribution is 4.87. The van der Waals surface area contributed by atoms with Gasteiger partial charge in [-0.25, -0.2) is 0 Å². The molecule has 1 unspecified atom stereocenters. The molecule has 0 aliphatic carbocycles. The molecule has 1 rings (SSSR count). The molecule has 0 saturated carbocycles. The second-order valence-electron chi connectivity index (χ2n) is 6.46. The van der Waals surface area contributed by atoms with Crippen molar-refractivity contribution in [2.45, 2.75) is 59.7 Å².